The van der Waals surface area contributed by atoms with E-state index in [1.165, 1.54) is 0 Å². The summed E-state index contributed by atoms with van der Waals surface area (Å²) < 4.78 is 15.9. The molecule has 0 spiro atoms. The summed E-state index contributed by atoms with van der Waals surface area (Å²) in [6, 6.07) is 6.98. The molecule has 6 heteroatoms. The molecule has 0 bridgehead atoms. The average Bonchev–Trinajstić information content (AvgIpc) is 2.54. The second-order valence-corrected chi connectivity index (χ2v) is 4.57. The molecular weight excluding hydrogens is 284 g/mol. The summed E-state index contributed by atoms with van der Waals surface area (Å²) in [6.07, 6.45) is 2.05. The van der Waals surface area contributed by atoms with Crippen molar-refractivity contribution in [2.24, 2.45) is 5.73 Å². The Morgan fingerprint density at radius 2 is 1.77 bits per heavy atom. The van der Waals surface area contributed by atoms with Crippen LogP contribution in [0.5, 0.6) is 17.2 Å². The fourth-order valence-electron chi connectivity index (χ4n) is 2.23. The standard InChI is InChI=1S/C16H18N2O4/c1-20-13-8-10(9-14(21-2)15(13)22-3)7-12-11(16(17)19)5-4-6-18-12/h4-6,8-9H,7H2,1-3H3,(H2,17,19). The minimum atomic E-state index is -0.504. The number of hydrogen-bond donors (Lipinski definition) is 1. The van der Waals surface area contributed by atoms with Gasteiger partial charge < -0.3 is 19.9 Å². The van der Waals surface area contributed by atoms with Crippen LogP contribution in [-0.4, -0.2) is 32.2 Å². The number of primary amides is 1. The third-order valence-corrected chi connectivity index (χ3v) is 3.25. The summed E-state index contributed by atoms with van der Waals surface area (Å²) >= 11 is 0. The van der Waals surface area contributed by atoms with E-state index in [1.807, 2.05) is 12.1 Å². The van der Waals surface area contributed by atoms with Crippen LogP contribution in [0.1, 0.15) is 21.6 Å². The van der Waals surface area contributed by atoms with Crippen molar-refractivity contribution in [3.63, 3.8) is 0 Å². The largest absolute Gasteiger partial charge is 0.493 e. The van der Waals surface area contributed by atoms with Crippen molar-refractivity contribution < 1.29 is 19.0 Å². The first kappa shape index (κ1) is 15.6. The fourth-order valence-corrected chi connectivity index (χ4v) is 2.23. The number of pyridine rings is 1. The van der Waals surface area contributed by atoms with Crippen molar-refractivity contribution in [2.45, 2.75) is 6.42 Å². The number of rotatable bonds is 6. The Balaban J connectivity index is 2.44. The zero-order valence-electron chi connectivity index (χ0n) is 12.8. The third-order valence-electron chi connectivity index (χ3n) is 3.25. The molecule has 0 aliphatic heterocycles. The molecule has 0 aliphatic carbocycles. The van der Waals surface area contributed by atoms with Crippen LogP contribution in [0.2, 0.25) is 0 Å². The lowest BCUT2D eigenvalue weighted by Gasteiger charge is -2.14. The zero-order valence-corrected chi connectivity index (χ0v) is 12.8. The van der Waals surface area contributed by atoms with Gasteiger partial charge in [-0.05, 0) is 29.8 Å². The topological polar surface area (TPSA) is 83.7 Å². The van der Waals surface area contributed by atoms with Gasteiger partial charge in [0.15, 0.2) is 11.5 Å². The first-order valence-electron chi connectivity index (χ1n) is 6.63. The van der Waals surface area contributed by atoms with Crippen molar-refractivity contribution in [3.8, 4) is 17.2 Å². The van der Waals surface area contributed by atoms with E-state index in [2.05, 4.69) is 4.98 Å². The summed E-state index contributed by atoms with van der Waals surface area (Å²) in [5.41, 5.74) is 7.25. The van der Waals surface area contributed by atoms with Gasteiger partial charge in [0, 0.05) is 12.6 Å². The van der Waals surface area contributed by atoms with E-state index in [1.54, 1.807) is 39.7 Å². The summed E-state index contributed by atoms with van der Waals surface area (Å²) in [6.45, 7) is 0. The predicted octanol–water partition coefficient (Wildman–Crippen LogP) is 1.80. The highest BCUT2D eigenvalue weighted by Gasteiger charge is 2.15. The lowest BCUT2D eigenvalue weighted by Crippen LogP contribution is -2.15. The minimum Gasteiger partial charge on any atom is -0.493 e. The molecule has 22 heavy (non-hydrogen) atoms. The van der Waals surface area contributed by atoms with Crippen LogP contribution >= 0.6 is 0 Å². The number of nitrogens with zero attached hydrogens (tertiary/aromatic N) is 1. The molecule has 6 nitrogen and oxygen atoms in total. The van der Waals surface area contributed by atoms with Crippen molar-refractivity contribution in [2.75, 3.05) is 21.3 Å². The molecule has 1 aromatic carbocycles. The number of methoxy groups -OCH3 is 3. The highest BCUT2D eigenvalue weighted by Crippen LogP contribution is 2.38. The number of ether oxygens (including phenoxy) is 3. The molecule has 2 N–H and O–H groups in total. The quantitative estimate of drug-likeness (QED) is 0.879. The van der Waals surface area contributed by atoms with Crippen molar-refractivity contribution >= 4 is 5.91 Å². The molecule has 116 valence electrons. The van der Waals surface area contributed by atoms with Gasteiger partial charge in [-0.1, -0.05) is 0 Å². The predicted molar refractivity (Wildman–Crippen MR) is 81.7 cm³/mol. The van der Waals surface area contributed by atoms with E-state index in [9.17, 15) is 4.79 Å². The van der Waals surface area contributed by atoms with Gasteiger partial charge in [0.2, 0.25) is 5.75 Å². The number of carbonyl (C=O) groups is 1. The van der Waals surface area contributed by atoms with Crippen molar-refractivity contribution in [1.29, 1.82) is 0 Å². The monoisotopic (exact) mass is 302 g/mol. The van der Waals surface area contributed by atoms with Crippen LogP contribution in [0, 0.1) is 0 Å². The zero-order chi connectivity index (χ0) is 16.1. The van der Waals surface area contributed by atoms with E-state index >= 15 is 0 Å². The Morgan fingerprint density at radius 3 is 2.27 bits per heavy atom. The van der Waals surface area contributed by atoms with Gasteiger partial charge in [-0.15, -0.1) is 0 Å². The highest BCUT2D eigenvalue weighted by molar-refractivity contribution is 5.93. The van der Waals surface area contributed by atoms with Crippen LogP contribution in [-0.2, 0) is 6.42 Å². The van der Waals surface area contributed by atoms with Gasteiger partial charge >= 0.3 is 0 Å². The molecule has 1 amide bonds. The van der Waals surface area contributed by atoms with E-state index in [0.717, 1.165) is 5.56 Å². The highest BCUT2D eigenvalue weighted by atomic mass is 16.5. The SMILES string of the molecule is COc1cc(Cc2ncccc2C(N)=O)cc(OC)c1OC. The number of hydrogen-bond acceptors (Lipinski definition) is 5. The van der Waals surface area contributed by atoms with Gasteiger partial charge in [0.25, 0.3) is 5.91 Å². The van der Waals surface area contributed by atoms with Crippen molar-refractivity contribution in [3.05, 3.63) is 47.3 Å². The number of amides is 1. The minimum absolute atomic E-state index is 0.399. The molecule has 2 aromatic rings. The first-order valence-corrected chi connectivity index (χ1v) is 6.63. The smallest absolute Gasteiger partial charge is 0.250 e. The molecule has 0 unspecified atom stereocenters. The molecule has 0 saturated carbocycles. The van der Waals surface area contributed by atoms with Crippen molar-refractivity contribution in [1.82, 2.24) is 4.98 Å². The number of carbonyl (C=O) groups excluding carboxylic acids is 1. The van der Waals surface area contributed by atoms with Gasteiger partial charge in [0.1, 0.15) is 0 Å². The Morgan fingerprint density at radius 1 is 1.14 bits per heavy atom. The Kier molecular flexibility index (Phi) is 4.83. The van der Waals surface area contributed by atoms with Crippen LogP contribution in [0.3, 0.4) is 0 Å². The molecule has 0 aliphatic rings. The molecule has 0 saturated heterocycles. The summed E-state index contributed by atoms with van der Waals surface area (Å²) in [5, 5.41) is 0. The normalized spacial score (nSPS) is 10.1. The molecular formula is C16H18N2O4. The molecule has 1 heterocycles. The van der Waals surface area contributed by atoms with Gasteiger partial charge in [0.05, 0.1) is 32.6 Å². The number of benzene rings is 1. The maximum atomic E-state index is 11.5. The number of aromatic nitrogens is 1. The van der Waals surface area contributed by atoms with Gasteiger partial charge in [-0.3, -0.25) is 9.78 Å². The van der Waals surface area contributed by atoms with Crippen LogP contribution in [0.4, 0.5) is 0 Å². The first-order chi connectivity index (χ1) is 10.6. The lowest BCUT2D eigenvalue weighted by molar-refractivity contribution is 0.0999. The van der Waals surface area contributed by atoms with Crippen LogP contribution in [0.15, 0.2) is 30.5 Å². The number of nitrogens with two attached hydrogens (primary N) is 1. The summed E-state index contributed by atoms with van der Waals surface area (Å²) in [7, 11) is 4.65. The van der Waals surface area contributed by atoms with Gasteiger partial charge in [-0.25, -0.2) is 0 Å². The summed E-state index contributed by atoms with van der Waals surface area (Å²) in [4.78, 5) is 15.7. The molecule has 0 radical (unpaired) electrons. The molecule has 1 aromatic heterocycles. The fraction of sp³-hybridized carbons (Fsp3) is 0.250. The van der Waals surface area contributed by atoms with Crippen LogP contribution < -0.4 is 19.9 Å². The van der Waals surface area contributed by atoms with E-state index in [-0.39, 0.29) is 0 Å². The van der Waals surface area contributed by atoms with E-state index in [0.29, 0.717) is 34.9 Å². The maximum absolute atomic E-state index is 11.5. The van der Waals surface area contributed by atoms with Crippen LogP contribution in [0.25, 0.3) is 0 Å². The third kappa shape index (κ3) is 3.11. The van der Waals surface area contributed by atoms with E-state index < -0.39 is 5.91 Å². The van der Waals surface area contributed by atoms with E-state index in [4.69, 9.17) is 19.9 Å². The molecule has 0 fully saturated rings. The molecule has 0 atom stereocenters. The Labute approximate surface area is 128 Å². The average molecular weight is 302 g/mol. The maximum Gasteiger partial charge on any atom is 0.250 e. The second kappa shape index (κ2) is 6.80. The second-order valence-electron chi connectivity index (χ2n) is 4.57. The Bertz CT molecular complexity index is 661. The summed E-state index contributed by atoms with van der Waals surface area (Å²) in [5.74, 6) is 1.11. The Hall–Kier alpha value is -2.76. The molecule has 2 rings (SSSR count). The van der Waals surface area contributed by atoms with Gasteiger partial charge in [-0.2, -0.15) is 0 Å². The lowest BCUT2D eigenvalue weighted by atomic mass is 10.0.